The number of anilines is 1. The number of benzene rings is 3. The first-order valence-electron chi connectivity index (χ1n) is 13.2. The van der Waals surface area contributed by atoms with E-state index in [1.807, 2.05) is 48.5 Å². The monoisotopic (exact) mass is 501 g/mol. The summed E-state index contributed by atoms with van der Waals surface area (Å²) in [6, 6.07) is 21.7. The highest BCUT2D eigenvalue weighted by Gasteiger charge is 2.21. The van der Waals surface area contributed by atoms with Gasteiger partial charge in [0, 0.05) is 17.8 Å². The van der Waals surface area contributed by atoms with Gasteiger partial charge >= 0.3 is 0 Å². The van der Waals surface area contributed by atoms with Gasteiger partial charge in [0.25, 0.3) is 5.91 Å². The fourth-order valence-electron chi connectivity index (χ4n) is 4.26. The predicted octanol–water partition coefficient (Wildman–Crippen LogP) is 5.19. The Bertz CT molecular complexity index is 1130. The summed E-state index contributed by atoms with van der Waals surface area (Å²) in [6.07, 6.45) is 6.90. The number of carbonyl (C=O) groups is 2. The van der Waals surface area contributed by atoms with E-state index >= 15 is 0 Å². The Labute approximate surface area is 220 Å². The molecule has 1 atom stereocenters. The van der Waals surface area contributed by atoms with Gasteiger partial charge in [0.2, 0.25) is 5.91 Å². The summed E-state index contributed by atoms with van der Waals surface area (Å²) in [4.78, 5) is 26.2. The smallest absolute Gasteiger partial charge is 0.251 e. The highest BCUT2D eigenvalue weighted by atomic mass is 16.3. The van der Waals surface area contributed by atoms with Gasteiger partial charge in [0.15, 0.2) is 0 Å². The van der Waals surface area contributed by atoms with E-state index in [0.717, 1.165) is 48.8 Å². The van der Waals surface area contributed by atoms with E-state index in [-0.39, 0.29) is 17.6 Å². The lowest BCUT2D eigenvalue weighted by Gasteiger charge is -2.19. The molecule has 0 heterocycles. The molecule has 2 amide bonds. The van der Waals surface area contributed by atoms with E-state index in [4.69, 9.17) is 5.73 Å². The van der Waals surface area contributed by atoms with Gasteiger partial charge < -0.3 is 21.5 Å². The van der Waals surface area contributed by atoms with Crippen LogP contribution in [0, 0.1) is 0 Å². The molecule has 6 heteroatoms. The summed E-state index contributed by atoms with van der Waals surface area (Å²) in [7, 11) is 0. The van der Waals surface area contributed by atoms with Gasteiger partial charge in [0.1, 0.15) is 11.8 Å². The number of hydrogen-bond acceptors (Lipinski definition) is 4. The zero-order chi connectivity index (χ0) is 26.5. The largest absolute Gasteiger partial charge is 0.508 e. The summed E-state index contributed by atoms with van der Waals surface area (Å²) >= 11 is 0. The maximum Gasteiger partial charge on any atom is 0.251 e. The van der Waals surface area contributed by atoms with Crippen LogP contribution < -0.4 is 16.4 Å². The van der Waals surface area contributed by atoms with Gasteiger partial charge in [0.05, 0.1) is 0 Å². The van der Waals surface area contributed by atoms with E-state index in [0.29, 0.717) is 37.1 Å². The van der Waals surface area contributed by atoms with Crippen LogP contribution in [-0.4, -0.2) is 29.5 Å². The number of phenols is 1. The van der Waals surface area contributed by atoms with Crippen LogP contribution in [0.15, 0.2) is 72.8 Å². The number of amides is 2. The molecule has 1 unspecified atom stereocenters. The van der Waals surface area contributed by atoms with Crippen molar-refractivity contribution in [2.75, 3.05) is 12.3 Å². The van der Waals surface area contributed by atoms with Crippen LogP contribution in [0.1, 0.15) is 66.1 Å². The molecular formula is C31H39N3O3. The van der Waals surface area contributed by atoms with Crippen molar-refractivity contribution < 1.29 is 14.7 Å². The molecule has 196 valence electrons. The Morgan fingerprint density at radius 1 is 0.865 bits per heavy atom. The molecule has 0 radical (unpaired) electrons. The minimum atomic E-state index is -0.628. The SMILES string of the molecule is CCCCCCNC(=O)C(CCc1ccccc1)NC(=O)c1ccc(N)c(CCc2ccc(O)cc2)c1. The third-order valence-electron chi connectivity index (χ3n) is 6.54. The fourth-order valence-corrected chi connectivity index (χ4v) is 4.26. The van der Waals surface area contributed by atoms with E-state index in [1.165, 1.54) is 0 Å². The van der Waals surface area contributed by atoms with Crippen molar-refractivity contribution >= 4 is 17.5 Å². The van der Waals surface area contributed by atoms with E-state index in [1.54, 1.807) is 24.3 Å². The second kappa shape index (κ2) is 14.7. The minimum absolute atomic E-state index is 0.149. The van der Waals surface area contributed by atoms with Crippen LogP contribution in [0.5, 0.6) is 5.75 Å². The average molecular weight is 502 g/mol. The van der Waals surface area contributed by atoms with Gasteiger partial charge in [-0.2, -0.15) is 0 Å². The minimum Gasteiger partial charge on any atom is -0.508 e. The van der Waals surface area contributed by atoms with Crippen molar-refractivity contribution in [1.29, 1.82) is 0 Å². The van der Waals surface area contributed by atoms with Crippen LogP contribution in [0.2, 0.25) is 0 Å². The Hall–Kier alpha value is -3.80. The van der Waals surface area contributed by atoms with Crippen molar-refractivity contribution in [3.63, 3.8) is 0 Å². The van der Waals surface area contributed by atoms with Gasteiger partial charge in [-0.25, -0.2) is 0 Å². The molecule has 0 aliphatic heterocycles. The van der Waals surface area contributed by atoms with Gasteiger partial charge in [-0.1, -0.05) is 68.7 Å². The van der Waals surface area contributed by atoms with E-state index < -0.39 is 6.04 Å². The lowest BCUT2D eigenvalue weighted by Crippen LogP contribution is -2.47. The topological polar surface area (TPSA) is 104 Å². The van der Waals surface area contributed by atoms with Gasteiger partial charge in [-0.3, -0.25) is 9.59 Å². The lowest BCUT2D eigenvalue weighted by molar-refractivity contribution is -0.123. The summed E-state index contributed by atoms with van der Waals surface area (Å²) in [6.45, 7) is 2.77. The summed E-state index contributed by atoms with van der Waals surface area (Å²) in [5.41, 5.74) is 10.4. The highest BCUT2D eigenvalue weighted by molar-refractivity contribution is 5.98. The third-order valence-corrected chi connectivity index (χ3v) is 6.54. The highest BCUT2D eigenvalue weighted by Crippen LogP contribution is 2.19. The third kappa shape index (κ3) is 9.30. The molecule has 3 aromatic carbocycles. The molecule has 0 saturated carbocycles. The maximum absolute atomic E-state index is 13.2. The molecule has 3 aromatic rings. The quantitative estimate of drug-likeness (QED) is 0.180. The number of nitrogens with two attached hydrogens (primary N) is 1. The number of unbranched alkanes of at least 4 members (excludes halogenated alkanes) is 3. The first kappa shape index (κ1) is 27.8. The number of carbonyl (C=O) groups excluding carboxylic acids is 2. The zero-order valence-corrected chi connectivity index (χ0v) is 21.7. The van der Waals surface area contributed by atoms with Crippen LogP contribution >= 0.6 is 0 Å². The van der Waals surface area contributed by atoms with Crippen molar-refractivity contribution in [3.8, 4) is 5.75 Å². The van der Waals surface area contributed by atoms with Crippen molar-refractivity contribution in [1.82, 2.24) is 10.6 Å². The molecule has 6 nitrogen and oxygen atoms in total. The number of aromatic hydroxyl groups is 1. The van der Waals surface area contributed by atoms with Crippen LogP contribution in [0.4, 0.5) is 5.69 Å². The molecular weight excluding hydrogens is 462 g/mol. The van der Waals surface area contributed by atoms with Crippen molar-refractivity contribution in [2.24, 2.45) is 0 Å². The Morgan fingerprint density at radius 3 is 2.32 bits per heavy atom. The summed E-state index contributed by atoms with van der Waals surface area (Å²) < 4.78 is 0. The van der Waals surface area contributed by atoms with Crippen LogP contribution in [0.25, 0.3) is 0 Å². The van der Waals surface area contributed by atoms with Crippen molar-refractivity contribution in [2.45, 2.75) is 64.3 Å². The number of nitrogen functional groups attached to an aromatic ring is 1. The Balaban J connectivity index is 1.65. The second-order valence-electron chi connectivity index (χ2n) is 9.48. The molecule has 0 aliphatic carbocycles. The van der Waals surface area contributed by atoms with Gasteiger partial charge in [-0.15, -0.1) is 0 Å². The zero-order valence-electron chi connectivity index (χ0n) is 21.7. The molecule has 0 aromatic heterocycles. The summed E-state index contributed by atoms with van der Waals surface area (Å²) in [5, 5.41) is 15.5. The second-order valence-corrected chi connectivity index (χ2v) is 9.48. The molecule has 5 N–H and O–H groups in total. The Morgan fingerprint density at radius 2 is 1.59 bits per heavy atom. The molecule has 3 rings (SSSR count). The molecule has 37 heavy (non-hydrogen) atoms. The number of phenolic OH excluding ortho intramolecular Hbond substituents is 1. The molecule has 0 aliphatic rings. The van der Waals surface area contributed by atoms with E-state index in [2.05, 4.69) is 17.6 Å². The Kier molecular flexibility index (Phi) is 11.0. The maximum atomic E-state index is 13.2. The fraction of sp³-hybridized carbons (Fsp3) is 0.355. The normalized spacial score (nSPS) is 11.6. The molecule has 0 saturated heterocycles. The van der Waals surface area contributed by atoms with Crippen molar-refractivity contribution in [3.05, 3.63) is 95.1 Å². The van der Waals surface area contributed by atoms with Crippen LogP contribution in [-0.2, 0) is 24.1 Å². The summed E-state index contributed by atoms with van der Waals surface area (Å²) in [5.74, 6) is -0.206. The molecule has 0 spiro atoms. The molecule has 0 fully saturated rings. The number of aryl methyl sites for hydroxylation is 3. The molecule has 0 bridgehead atoms. The first-order valence-corrected chi connectivity index (χ1v) is 13.2. The van der Waals surface area contributed by atoms with Gasteiger partial charge in [-0.05, 0) is 79.1 Å². The predicted molar refractivity (Wildman–Crippen MR) is 150 cm³/mol. The standard InChI is InChI=1S/C31H39N3O3/c1-2-3-4-8-21-33-31(37)29(20-14-23-9-6-5-7-10-23)34-30(36)26-16-19-28(32)25(22-26)15-11-24-12-17-27(35)18-13-24/h5-7,9-10,12-13,16-19,22,29,35H,2-4,8,11,14-15,20-21,32H2,1H3,(H,33,37)(H,34,36). The van der Waals surface area contributed by atoms with E-state index in [9.17, 15) is 14.7 Å². The average Bonchev–Trinajstić information content (AvgIpc) is 2.91. The first-order chi connectivity index (χ1) is 18.0. The number of hydrogen-bond donors (Lipinski definition) is 4. The number of rotatable bonds is 14. The van der Waals surface area contributed by atoms with Crippen LogP contribution in [0.3, 0.4) is 0 Å². The number of nitrogens with one attached hydrogen (secondary N) is 2. The lowest BCUT2D eigenvalue weighted by atomic mass is 10.00.